The second-order valence-electron chi connectivity index (χ2n) is 6.87. The van der Waals surface area contributed by atoms with Crippen LogP contribution in [-0.4, -0.2) is 37.3 Å². The zero-order valence-electron chi connectivity index (χ0n) is 13.0. The number of fused-ring (bicyclic) bond motifs is 1. The third kappa shape index (κ3) is 3.76. The minimum Gasteiger partial charge on any atom is -0.309 e. The second kappa shape index (κ2) is 6.49. The van der Waals surface area contributed by atoms with E-state index in [0.29, 0.717) is 11.5 Å². The second-order valence-corrected chi connectivity index (χ2v) is 8.44. The predicted molar refractivity (Wildman–Crippen MR) is 92.4 cm³/mol. The molecule has 0 radical (unpaired) electrons. The maximum absolute atomic E-state index is 6.19. The third-order valence-corrected chi connectivity index (χ3v) is 6.34. The fraction of sp³-hybridized carbons (Fsp3) is 0.647. The third-order valence-electron chi connectivity index (χ3n) is 4.98. The highest BCUT2D eigenvalue weighted by Gasteiger charge is 2.30. The van der Waals surface area contributed by atoms with Gasteiger partial charge in [-0.1, -0.05) is 18.5 Å². The topological polar surface area (TPSA) is 15.3 Å². The van der Waals surface area contributed by atoms with Crippen molar-refractivity contribution in [3.8, 4) is 0 Å². The van der Waals surface area contributed by atoms with Crippen molar-refractivity contribution in [2.45, 2.75) is 37.1 Å². The van der Waals surface area contributed by atoms with Crippen molar-refractivity contribution in [1.82, 2.24) is 10.2 Å². The smallest absolute Gasteiger partial charge is 0.0410 e. The van der Waals surface area contributed by atoms with Crippen LogP contribution in [0.25, 0.3) is 0 Å². The molecule has 21 heavy (non-hydrogen) atoms. The number of hydrogen-bond acceptors (Lipinski definition) is 3. The van der Waals surface area contributed by atoms with Gasteiger partial charge in [0.15, 0.2) is 0 Å². The molecule has 4 heteroatoms. The van der Waals surface area contributed by atoms with E-state index in [4.69, 9.17) is 11.6 Å². The van der Waals surface area contributed by atoms with Gasteiger partial charge in [-0.05, 0) is 74.3 Å². The Morgan fingerprint density at radius 2 is 2.14 bits per heavy atom. The van der Waals surface area contributed by atoms with Crippen LogP contribution in [0.15, 0.2) is 23.1 Å². The number of halogens is 1. The van der Waals surface area contributed by atoms with Crippen molar-refractivity contribution >= 4 is 23.4 Å². The predicted octanol–water partition coefficient (Wildman–Crippen LogP) is 4.20. The van der Waals surface area contributed by atoms with Crippen LogP contribution >= 0.6 is 23.4 Å². The Balaban J connectivity index is 1.65. The molecule has 1 saturated heterocycles. The van der Waals surface area contributed by atoms with Gasteiger partial charge in [-0.2, -0.15) is 0 Å². The van der Waals surface area contributed by atoms with Crippen LogP contribution in [0.5, 0.6) is 0 Å². The Kier molecular flexibility index (Phi) is 4.84. The molecule has 2 aliphatic heterocycles. The zero-order chi connectivity index (χ0) is 14.9. The Morgan fingerprint density at radius 3 is 2.90 bits per heavy atom. The van der Waals surface area contributed by atoms with Crippen LogP contribution in [0.1, 0.15) is 37.8 Å². The van der Waals surface area contributed by atoms with E-state index in [0.717, 1.165) is 11.6 Å². The van der Waals surface area contributed by atoms with Crippen molar-refractivity contribution in [3.05, 3.63) is 28.8 Å². The Hall–Kier alpha value is -0.220. The molecule has 1 atom stereocenters. The number of hydrogen-bond donors (Lipinski definition) is 1. The number of piperidine rings is 1. The summed E-state index contributed by atoms with van der Waals surface area (Å²) in [6, 6.07) is 6.80. The minimum atomic E-state index is 0.440. The standard InChI is InChI=1S/C17H25ClN2S/c1-17(6-8-20(2)9-7-17)12-19-15-5-10-21-16-4-3-13(18)11-14(15)16/h3-4,11,15,19H,5-10,12H2,1-2H3. The van der Waals surface area contributed by atoms with Gasteiger partial charge >= 0.3 is 0 Å². The van der Waals surface area contributed by atoms with Gasteiger partial charge in [0, 0.05) is 22.5 Å². The number of nitrogens with zero attached hydrogens (tertiary/aromatic N) is 1. The van der Waals surface area contributed by atoms with Crippen LogP contribution in [0.3, 0.4) is 0 Å². The average Bonchev–Trinajstić information content (AvgIpc) is 2.49. The molecule has 0 amide bonds. The van der Waals surface area contributed by atoms with Crippen molar-refractivity contribution in [2.75, 3.05) is 32.4 Å². The molecular formula is C17H25ClN2S. The molecule has 2 aliphatic rings. The lowest BCUT2D eigenvalue weighted by Crippen LogP contribution is -2.43. The van der Waals surface area contributed by atoms with Gasteiger partial charge in [-0.15, -0.1) is 11.8 Å². The average molecular weight is 325 g/mol. The van der Waals surface area contributed by atoms with Crippen molar-refractivity contribution in [2.24, 2.45) is 5.41 Å². The molecule has 3 rings (SSSR count). The molecule has 0 aromatic heterocycles. The summed E-state index contributed by atoms with van der Waals surface area (Å²) in [5.41, 5.74) is 1.84. The molecule has 2 heterocycles. The van der Waals surface area contributed by atoms with Gasteiger partial charge in [-0.3, -0.25) is 0 Å². The molecule has 0 spiro atoms. The number of benzene rings is 1. The van der Waals surface area contributed by atoms with Gasteiger partial charge in [0.25, 0.3) is 0 Å². The first kappa shape index (κ1) is 15.7. The van der Waals surface area contributed by atoms with Crippen molar-refractivity contribution in [3.63, 3.8) is 0 Å². The van der Waals surface area contributed by atoms with E-state index in [2.05, 4.69) is 36.3 Å². The van der Waals surface area contributed by atoms with Crippen LogP contribution < -0.4 is 5.32 Å². The Labute approximate surface area is 137 Å². The lowest BCUT2D eigenvalue weighted by Gasteiger charge is -2.39. The summed E-state index contributed by atoms with van der Waals surface area (Å²) < 4.78 is 0. The number of likely N-dealkylation sites (tertiary alicyclic amines) is 1. The molecule has 1 N–H and O–H groups in total. The van der Waals surface area contributed by atoms with Gasteiger partial charge < -0.3 is 10.2 Å². The molecular weight excluding hydrogens is 300 g/mol. The highest BCUT2D eigenvalue weighted by molar-refractivity contribution is 7.99. The molecule has 116 valence electrons. The monoisotopic (exact) mass is 324 g/mol. The van der Waals surface area contributed by atoms with E-state index >= 15 is 0 Å². The van der Waals surface area contributed by atoms with Gasteiger partial charge in [0.05, 0.1) is 0 Å². The quantitative estimate of drug-likeness (QED) is 0.897. The maximum Gasteiger partial charge on any atom is 0.0410 e. The summed E-state index contributed by atoms with van der Waals surface area (Å²) in [6.07, 6.45) is 3.79. The number of rotatable bonds is 3. The van der Waals surface area contributed by atoms with Crippen LogP contribution in [-0.2, 0) is 0 Å². The lowest BCUT2D eigenvalue weighted by atomic mass is 9.80. The Morgan fingerprint density at radius 1 is 1.38 bits per heavy atom. The largest absolute Gasteiger partial charge is 0.309 e. The van der Waals surface area contributed by atoms with Crippen LogP contribution in [0.2, 0.25) is 5.02 Å². The maximum atomic E-state index is 6.19. The normalized spacial score (nSPS) is 25.6. The molecule has 0 bridgehead atoms. The van der Waals surface area contributed by atoms with E-state index in [1.165, 1.54) is 48.6 Å². The summed E-state index contributed by atoms with van der Waals surface area (Å²) in [4.78, 5) is 3.84. The van der Waals surface area contributed by atoms with E-state index < -0.39 is 0 Å². The molecule has 1 unspecified atom stereocenters. The van der Waals surface area contributed by atoms with Crippen LogP contribution in [0.4, 0.5) is 0 Å². The number of thioether (sulfide) groups is 1. The summed E-state index contributed by atoms with van der Waals surface area (Å²) in [5, 5.41) is 4.69. The summed E-state index contributed by atoms with van der Waals surface area (Å²) in [6.45, 7) is 5.99. The van der Waals surface area contributed by atoms with Crippen molar-refractivity contribution in [1.29, 1.82) is 0 Å². The molecule has 1 fully saturated rings. The lowest BCUT2D eigenvalue weighted by molar-refractivity contribution is 0.133. The van der Waals surface area contributed by atoms with Gasteiger partial charge in [-0.25, -0.2) is 0 Å². The molecule has 1 aromatic carbocycles. The van der Waals surface area contributed by atoms with Crippen LogP contribution in [0, 0.1) is 5.41 Å². The first-order chi connectivity index (χ1) is 10.1. The molecule has 2 nitrogen and oxygen atoms in total. The fourth-order valence-electron chi connectivity index (χ4n) is 3.28. The first-order valence-corrected chi connectivity index (χ1v) is 9.26. The first-order valence-electron chi connectivity index (χ1n) is 7.90. The molecule has 0 aliphatic carbocycles. The molecule has 0 saturated carbocycles. The van der Waals surface area contributed by atoms with E-state index in [-0.39, 0.29) is 0 Å². The van der Waals surface area contributed by atoms with Gasteiger partial charge in [0.1, 0.15) is 0 Å². The van der Waals surface area contributed by atoms with E-state index in [9.17, 15) is 0 Å². The van der Waals surface area contributed by atoms with Gasteiger partial charge in [0.2, 0.25) is 0 Å². The highest BCUT2D eigenvalue weighted by atomic mass is 35.5. The van der Waals surface area contributed by atoms with Crippen molar-refractivity contribution < 1.29 is 0 Å². The summed E-state index contributed by atoms with van der Waals surface area (Å²) in [7, 11) is 2.23. The minimum absolute atomic E-state index is 0.440. The summed E-state index contributed by atoms with van der Waals surface area (Å²) >= 11 is 8.15. The number of nitrogens with one attached hydrogen (secondary N) is 1. The highest BCUT2D eigenvalue weighted by Crippen LogP contribution is 2.38. The Bertz CT molecular complexity index is 498. The SMILES string of the molecule is CN1CCC(C)(CNC2CCSc3ccc(Cl)cc32)CC1. The zero-order valence-corrected chi connectivity index (χ0v) is 14.6. The summed E-state index contributed by atoms with van der Waals surface area (Å²) in [5.74, 6) is 1.20. The van der Waals surface area contributed by atoms with E-state index in [1.54, 1.807) is 0 Å². The van der Waals surface area contributed by atoms with E-state index in [1.807, 2.05) is 17.8 Å². The molecule has 1 aromatic rings. The fourth-order valence-corrected chi connectivity index (χ4v) is 4.57.